The molecular weight excluding hydrogens is 380 g/mol. The van der Waals surface area contributed by atoms with Crippen molar-refractivity contribution in [3.63, 3.8) is 0 Å². The number of carboxylic acid groups (broad SMARTS) is 1. The third-order valence-corrected chi connectivity index (χ3v) is 4.77. The summed E-state index contributed by atoms with van der Waals surface area (Å²) in [6.45, 7) is 0. The first kappa shape index (κ1) is 19.2. The van der Waals surface area contributed by atoms with E-state index in [1.807, 2.05) is 12.1 Å². The molecule has 0 spiro atoms. The normalized spacial score (nSPS) is 10.6. The number of carbonyl (C=O) groups excluding carboxylic acids is 1. The van der Waals surface area contributed by atoms with Crippen LogP contribution < -0.4 is 4.74 Å². The maximum Gasteiger partial charge on any atom is 0.340 e. The van der Waals surface area contributed by atoms with Gasteiger partial charge in [0.05, 0.1) is 18.2 Å². The van der Waals surface area contributed by atoms with Crippen molar-refractivity contribution in [2.24, 2.45) is 0 Å². The van der Waals surface area contributed by atoms with E-state index in [4.69, 9.17) is 9.15 Å². The molecule has 30 heavy (non-hydrogen) atoms. The molecule has 3 aromatic carbocycles. The SMILES string of the molecule is COc1ccccc1C(=O)c1c(-c2ccccc2)oc(-c2ccccc2)c1C(=O)O. The number of para-hydroxylation sites is 1. The van der Waals surface area contributed by atoms with E-state index >= 15 is 0 Å². The highest BCUT2D eigenvalue weighted by Gasteiger charge is 2.32. The molecule has 0 radical (unpaired) electrons. The van der Waals surface area contributed by atoms with Gasteiger partial charge in [0.15, 0.2) is 0 Å². The second-order valence-corrected chi connectivity index (χ2v) is 6.58. The van der Waals surface area contributed by atoms with E-state index in [0.717, 1.165) is 0 Å². The Morgan fingerprint density at radius 3 is 1.77 bits per heavy atom. The van der Waals surface area contributed by atoms with Gasteiger partial charge in [-0.3, -0.25) is 4.79 Å². The highest BCUT2D eigenvalue weighted by Crippen LogP contribution is 2.39. The maximum atomic E-state index is 13.6. The lowest BCUT2D eigenvalue weighted by molar-refractivity contribution is 0.0693. The summed E-state index contributed by atoms with van der Waals surface area (Å²) in [5.41, 5.74) is 1.28. The van der Waals surface area contributed by atoms with E-state index in [1.165, 1.54) is 7.11 Å². The molecule has 0 amide bonds. The molecule has 0 aliphatic rings. The van der Waals surface area contributed by atoms with Gasteiger partial charge in [0.1, 0.15) is 22.8 Å². The Morgan fingerprint density at radius 2 is 1.23 bits per heavy atom. The van der Waals surface area contributed by atoms with Crippen LogP contribution in [0.3, 0.4) is 0 Å². The van der Waals surface area contributed by atoms with Crippen molar-refractivity contribution in [1.82, 2.24) is 0 Å². The van der Waals surface area contributed by atoms with Crippen molar-refractivity contribution < 1.29 is 23.8 Å². The molecule has 0 saturated heterocycles. The van der Waals surface area contributed by atoms with Crippen LogP contribution >= 0.6 is 0 Å². The number of carbonyl (C=O) groups is 2. The molecule has 1 aromatic heterocycles. The molecular formula is C25H18O5. The van der Waals surface area contributed by atoms with Gasteiger partial charge in [0.2, 0.25) is 5.78 Å². The first-order valence-electron chi connectivity index (χ1n) is 9.30. The predicted molar refractivity (Wildman–Crippen MR) is 113 cm³/mol. The topological polar surface area (TPSA) is 76.7 Å². The molecule has 0 fully saturated rings. The molecule has 4 aromatic rings. The molecule has 0 saturated carbocycles. The summed E-state index contributed by atoms with van der Waals surface area (Å²) in [5, 5.41) is 10.0. The van der Waals surface area contributed by atoms with Crippen LogP contribution in [-0.4, -0.2) is 24.0 Å². The van der Waals surface area contributed by atoms with Crippen LogP contribution in [0.15, 0.2) is 89.3 Å². The lowest BCUT2D eigenvalue weighted by Crippen LogP contribution is -2.10. The zero-order chi connectivity index (χ0) is 21.1. The summed E-state index contributed by atoms with van der Waals surface area (Å²) in [7, 11) is 1.47. The molecule has 0 unspecified atom stereocenters. The van der Waals surface area contributed by atoms with Crippen LogP contribution in [0.2, 0.25) is 0 Å². The number of carboxylic acids is 1. The fourth-order valence-electron chi connectivity index (χ4n) is 3.40. The van der Waals surface area contributed by atoms with E-state index in [1.54, 1.807) is 72.8 Å². The molecule has 5 nitrogen and oxygen atoms in total. The summed E-state index contributed by atoms with van der Waals surface area (Å²) in [6, 6.07) is 24.6. The summed E-state index contributed by atoms with van der Waals surface area (Å²) in [6.07, 6.45) is 0. The fraction of sp³-hybridized carbons (Fsp3) is 0.0400. The smallest absolute Gasteiger partial charge is 0.340 e. The highest BCUT2D eigenvalue weighted by atomic mass is 16.5. The standard InChI is InChI=1S/C25H18O5/c1-29-19-15-9-8-14-18(19)22(26)20-21(25(27)28)24(17-12-6-3-7-13-17)30-23(20)16-10-4-2-5-11-16/h2-15H,1H3,(H,27,28). The first-order valence-corrected chi connectivity index (χ1v) is 9.30. The Balaban J connectivity index is 2.04. The number of benzene rings is 3. The summed E-state index contributed by atoms with van der Waals surface area (Å²) < 4.78 is 11.4. The molecule has 4 rings (SSSR count). The van der Waals surface area contributed by atoms with Crippen molar-refractivity contribution in [3.8, 4) is 28.4 Å². The van der Waals surface area contributed by atoms with Crippen molar-refractivity contribution in [2.75, 3.05) is 7.11 Å². The molecule has 0 aliphatic heterocycles. The molecule has 148 valence electrons. The predicted octanol–water partition coefficient (Wildman–Crippen LogP) is 5.55. The molecule has 0 aliphatic carbocycles. The lowest BCUT2D eigenvalue weighted by atomic mass is 9.94. The van der Waals surface area contributed by atoms with Crippen molar-refractivity contribution in [3.05, 3.63) is 102 Å². The van der Waals surface area contributed by atoms with Gasteiger partial charge >= 0.3 is 5.97 Å². The monoisotopic (exact) mass is 398 g/mol. The molecule has 0 bridgehead atoms. The van der Waals surface area contributed by atoms with Gasteiger partial charge in [0.25, 0.3) is 0 Å². The number of hydrogen-bond acceptors (Lipinski definition) is 4. The van der Waals surface area contributed by atoms with Crippen LogP contribution in [0, 0.1) is 0 Å². The van der Waals surface area contributed by atoms with E-state index < -0.39 is 11.8 Å². The molecule has 1 N–H and O–H groups in total. The van der Waals surface area contributed by atoms with Crippen molar-refractivity contribution in [1.29, 1.82) is 0 Å². The van der Waals surface area contributed by atoms with Gasteiger partial charge in [-0.25, -0.2) is 4.79 Å². The van der Waals surface area contributed by atoms with Crippen molar-refractivity contribution in [2.45, 2.75) is 0 Å². The van der Waals surface area contributed by atoms with Gasteiger partial charge in [-0.1, -0.05) is 72.8 Å². The number of ether oxygens (including phenoxy) is 1. The van der Waals surface area contributed by atoms with E-state index in [9.17, 15) is 14.7 Å². The first-order chi connectivity index (χ1) is 14.6. The van der Waals surface area contributed by atoms with Crippen LogP contribution in [0.4, 0.5) is 0 Å². The van der Waals surface area contributed by atoms with Gasteiger partial charge in [-0.05, 0) is 12.1 Å². The number of rotatable bonds is 6. The maximum absolute atomic E-state index is 13.6. The lowest BCUT2D eigenvalue weighted by Gasteiger charge is -2.08. The zero-order valence-corrected chi connectivity index (χ0v) is 16.2. The summed E-state index contributed by atoms with van der Waals surface area (Å²) in [4.78, 5) is 25.9. The second-order valence-electron chi connectivity index (χ2n) is 6.58. The van der Waals surface area contributed by atoms with Gasteiger partial charge in [0, 0.05) is 11.1 Å². The molecule has 5 heteroatoms. The van der Waals surface area contributed by atoms with Crippen LogP contribution in [0.5, 0.6) is 5.75 Å². The fourth-order valence-corrected chi connectivity index (χ4v) is 3.40. The minimum Gasteiger partial charge on any atom is -0.496 e. The highest BCUT2D eigenvalue weighted by molar-refractivity contribution is 6.20. The van der Waals surface area contributed by atoms with E-state index in [0.29, 0.717) is 16.9 Å². The Kier molecular flexibility index (Phi) is 5.18. The second kappa shape index (κ2) is 8.09. The Bertz CT molecular complexity index is 1210. The average molecular weight is 398 g/mol. The number of hydrogen-bond donors (Lipinski definition) is 1. The minimum atomic E-state index is -1.24. The Morgan fingerprint density at radius 1 is 0.733 bits per heavy atom. The molecule has 1 heterocycles. The largest absolute Gasteiger partial charge is 0.496 e. The molecule has 0 atom stereocenters. The number of methoxy groups -OCH3 is 1. The number of furan rings is 1. The number of ketones is 1. The third kappa shape index (κ3) is 3.37. The van der Waals surface area contributed by atoms with Gasteiger partial charge in [-0.15, -0.1) is 0 Å². The Labute approximate surface area is 173 Å². The van der Waals surface area contributed by atoms with Gasteiger partial charge < -0.3 is 14.3 Å². The average Bonchev–Trinajstić information content (AvgIpc) is 3.21. The minimum absolute atomic E-state index is 0.00273. The van der Waals surface area contributed by atoms with Crippen LogP contribution in [0.1, 0.15) is 26.3 Å². The summed E-state index contributed by atoms with van der Waals surface area (Å²) >= 11 is 0. The zero-order valence-electron chi connectivity index (χ0n) is 16.2. The summed E-state index contributed by atoms with van der Waals surface area (Å²) in [5.74, 6) is -1.00. The van der Waals surface area contributed by atoms with Crippen LogP contribution in [-0.2, 0) is 0 Å². The number of aromatic carboxylic acids is 1. The van der Waals surface area contributed by atoms with E-state index in [2.05, 4.69) is 0 Å². The van der Waals surface area contributed by atoms with Crippen LogP contribution in [0.25, 0.3) is 22.6 Å². The quantitative estimate of drug-likeness (QED) is 0.431. The van der Waals surface area contributed by atoms with Gasteiger partial charge in [-0.2, -0.15) is 0 Å². The Hall–Kier alpha value is -4.12. The van der Waals surface area contributed by atoms with Crippen molar-refractivity contribution >= 4 is 11.8 Å². The third-order valence-electron chi connectivity index (χ3n) is 4.77. The van der Waals surface area contributed by atoms with E-state index in [-0.39, 0.29) is 28.2 Å².